The van der Waals surface area contributed by atoms with Gasteiger partial charge in [0.25, 0.3) is 0 Å². The van der Waals surface area contributed by atoms with Gasteiger partial charge in [0.05, 0.1) is 5.57 Å². The first-order chi connectivity index (χ1) is 6.99. The van der Waals surface area contributed by atoms with Crippen LogP contribution in [-0.4, -0.2) is 28.7 Å². The van der Waals surface area contributed by atoms with Crippen molar-refractivity contribution in [3.63, 3.8) is 0 Å². The zero-order valence-electron chi connectivity index (χ0n) is 9.04. The number of nitrogens with one attached hydrogen (secondary N) is 1. The van der Waals surface area contributed by atoms with E-state index in [1.165, 1.54) is 6.92 Å². The molecule has 0 bridgehead atoms. The summed E-state index contributed by atoms with van der Waals surface area (Å²) in [6.07, 6.45) is 1.19. The third-order valence-corrected chi connectivity index (χ3v) is 2.03. The second-order valence-corrected chi connectivity index (χ2v) is 3.19. The average Bonchev–Trinajstić information content (AvgIpc) is 2.16. The highest BCUT2D eigenvalue weighted by Crippen LogP contribution is 2.05. The molecule has 0 atom stereocenters. The smallest absolute Gasteiger partial charge is 0.333 e. The summed E-state index contributed by atoms with van der Waals surface area (Å²) >= 11 is 0. The topological polar surface area (TPSA) is 86.6 Å². The van der Waals surface area contributed by atoms with Crippen LogP contribution in [0, 0.1) is 0 Å². The van der Waals surface area contributed by atoms with Crippen molar-refractivity contribution in [2.75, 3.05) is 6.54 Å². The Kier molecular flexibility index (Phi) is 6.17. The van der Waals surface area contributed by atoms with Crippen molar-refractivity contribution >= 4 is 11.9 Å². The summed E-state index contributed by atoms with van der Waals surface area (Å²) in [5.41, 5.74) is 0.945. The Morgan fingerprint density at radius 2 is 1.87 bits per heavy atom. The van der Waals surface area contributed by atoms with Gasteiger partial charge in [0.2, 0.25) is 0 Å². The minimum Gasteiger partial charge on any atom is -0.481 e. The van der Waals surface area contributed by atoms with Crippen LogP contribution in [0.5, 0.6) is 0 Å². The zero-order chi connectivity index (χ0) is 11.8. The molecular weight excluding hydrogens is 198 g/mol. The van der Waals surface area contributed by atoms with Gasteiger partial charge in [-0.05, 0) is 19.8 Å². The lowest BCUT2D eigenvalue weighted by molar-refractivity contribution is -0.137. The molecule has 15 heavy (non-hydrogen) atoms. The molecule has 86 valence electrons. The highest BCUT2D eigenvalue weighted by molar-refractivity contribution is 5.86. The zero-order valence-corrected chi connectivity index (χ0v) is 9.04. The molecule has 0 aromatic rings. The second-order valence-electron chi connectivity index (χ2n) is 3.19. The number of rotatable bonds is 7. The minimum atomic E-state index is -0.947. The van der Waals surface area contributed by atoms with Crippen molar-refractivity contribution in [3.05, 3.63) is 11.3 Å². The number of allylic oxidation sites excluding steroid dienone is 1. The quantitative estimate of drug-likeness (QED) is 0.439. The van der Waals surface area contributed by atoms with E-state index >= 15 is 0 Å². The minimum absolute atomic E-state index is 0.0934. The fourth-order valence-electron chi connectivity index (χ4n) is 1.13. The number of hydrogen-bond acceptors (Lipinski definition) is 3. The van der Waals surface area contributed by atoms with Crippen LogP contribution in [0.15, 0.2) is 11.3 Å². The standard InChI is InChI=1S/C10H17NO4/c1-3-8(7(2)10(14)15)11-6-4-5-9(12)13/h11H,3-6H2,1-2H3,(H,12,13)(H,14,15)/b8-7+. The summed E-state index contributed by atoms with van der Waals surface area (Å²) in [6.45, 7) is 3.87. The van der Waals surface area contributed by atoms with Gasteiger partial charge < -0.3 is 15.5 Å². The molecule has 0 unspecified atom stereocenters. The van der Waals surface area contributed by atoms with Gasteiger partial charge in [0.15, 0.2) is 0 Å². The fraction of sp³-hybridized carbons (Fsp3) is 0.600. The van der Waals surface area contributed by atoms with E-state index in [0.29, 0.717) is 25.1 Å². The normalized spacial score (nSPS) is 11.9. The molecule has 0 heterocycles. The van der Waals surface area contributed by atoms with Gasteiger partial charge in [0.1, 0.15) is 0 Å². The Balaban J connectivity index is 4.07. The molecule has 0 amide bonds. The first-order valence-electron chi connectivity index (χ1n) is 4.87. The van der Waals surface area contributed by atoms with E-state index in [9.17, 15) is 9.59 Å². The summed E-state index contributed by atoms with van der Waals surface area (Å²) in [5, 5.41) is 20.1. The Morgan fingerprint density at radius 1 is 1.27 bits per heavy atom. The van der Waals surface area contributed by atoms with Crippen LogP contribution >= 0.6 is 0 Å². The molecule has 0 saturated heterocycles. The van der Waals surface area contributed by atoms with Crippen LogP contribution in [0.4, 0.5) is 0 Å². The highest BCUT2D eigenvalue weighted by Gasteiger charge is 2.07. The largest absolute Gasteiger partial charge is 0.481 e. The van der Waals surface area contributed by atoms with E-state index in [-0.39, 0.29) is 12.0 Å². The molecule has 0 spiro atoms. The molecule has 0 aliphatic carbocycles. The third-order valence-electron chi connectivity index (χ3n) is 2.03. The van der Waals surface area contributed by atoms with Crippen molar-refractivity contribution in [1.82, 2.24) is 5.32 Å². The lowest BCUT2D eigenvalue weighted by atomic mass is 10.2. The Hall–Kier alpha value is -1.52. The number of carboxylic acids is 2. The van der Waals surface area contributed by atoms with Gasteiger partial charge in [-0.3, -0.25) is 4.79 Å². The first kappa shape index (κ1) is 13.5. The summed E-state index contributed by atoms with van der Waals surface area (Å²) in [6, 6.07) is 0. The van der Waals surface area contributed by atoms with E-state index in [2.05, 4.69) is 5.32 Å². The van der Waals surface area contributed by atoms with Crippen molar-refractivity contribution in [2.45, 2.75) is 33.1 Å². The van der Waals surface area contributed by atoms with E-state index in [1.54, 1.807) is 0 Å². The maximum Gasteiger partial charge on any atom is 0.333 e. The van der Waals surface area contributed by atoms with E-state index in [0.717, 1.165) is 0 Å². The van der Waals surface area contributed by atoms with Crippen molar-refractivity contribution < 1.29 is 19.8 Å². The van der Waals surface area contributed by atoms with Gasteiger partial charge in [-0.15, -0.1) is 0 Å². The maximum atomic E-state index is 10.6. The second kappa shape index (κ2) is 6.86. The van der Waals surface area contributed by atoms with Gasteiger partial charge in [-0.1, -0.05) is 6.92 Å². The lowest BCUT2D eigenvalue weighted by Gasteiger charge is -2.10. The molecular formula is C10H17NO4. The first-order valence-corrected chi connectivity index (χ1v) is 4.87. The average molecular weight is 215 g/mol. The predicted octanol–water partition coefficient (Wildman–Crippen LogP) is 1.21. The number of aliphatic carboxylic acids is 2. The van der Waals surface area contributed by atoms with Gasteiger partial charge >= 0.3 is 11.9 Å². The molecule has 5 nitrogen and oxygen atoms in total. The van der Waals surface area contributed by atoms with Crippen LogP contribution < -0.4 is 5.32 Å². The van der Waals surface area contributed by atoms with Crippen LogP contribution in [0.1, 0.15) is 33.1 Å². The van der Waals surface area contributed by atoms with Crippen molar-refractivity contribution in [3.8, 4) is 0 Å². The number of carbonyl (C=O) groups is 2. The van der Waals surface area contributed by atoms with E-state index in [1.807, 2.05) is 6.92 Å². The SMILES string of the molecule is CC/C(NCCCC(=O)O)=C(/C)C(=O)O. The molecule has 5 heteroatoms. The molecule has 0 saturated carbocycles. The molecule has 0 fully saturated rings. The van der Waals surface area contributed by atoms with Crippen LogP contribution in [0.25, 0.3) is 0 Å². The molecule has 0 aliphatic rings. The number of carboxylic acid groups (broad SMARTS) is 2. The summed E-state index contributed by atoms with van der Waals surface area (Å²) in [5.74, 6) is -1.79. The molecule has 0 aromatic carbocycles. The van der Waals surface area contributed by atoms with Crippen LogP contribution in [0.3, 0.4) is 0 Å². The predicted molar refractivity (Wildman–Crippen MR) is 55.5 cm³/mol. The van der Waals surface area contributed by atoms with Crippen molar-refractivity contribution in [2.24, 2.45) is 0 Å². The molecule has 3 N–H and O–H groups in total. The monoisotopic (exact) mass is 215 g/mol. The fourth-order valence-corrected chi connectivity index (χ4v) is 1.13. The van der Waals surface area contributed by atoms with Crippen molar-refractivity contribution in [1.29, 1.82) is 0 Å². The van der Waals surface area contributed by atoms with E-state index < -0.39 is 11.9 Å². The Bertz CT molecular complexity index is 271. The lowest BCUT2D eigenvalue weighted by Crippen LogP contribution is -2.19. The Morgan fingerprint density at radius 3 is 2.27 bits per heavy atom. The van der Waals surface area contributed by atoms with Gasteiger partial charge in [0, 0.05) is 18.7 Å². The van der Waals surface area contributed by atoms with Crippen LogP contribution in [0.2, 0.25) is 0 Å². The molecule has 0 rings (SSSR count). The Labute approximate surface area is 88.8 Å². The summed E-state index contributed by atoms with van der Waals surface area (Å²) < 4.78 is 0. The number of hydrogen-bond donors (Lipinski definition) is 3. The maximum absolute atomic E-state index is 10.6. The summed E-state index contributed by atoms with van der Waals surface area (Å²) in [4.78, 5) is 20.9. The van der Waals surface area contributed by atoms with Crippen LogP contribution in [-0.2, 0) is 9.59 Å². The summed E-state index contributed by atoms with van der Waals surface area (Å²) in [7, 11) is 0. The molecule has 0 aliphatic heterocycles. The highest BCUT2D eigenvalue weighted by atomic mass is 16.4. The third kappa shape index (κ3) is 5.72. The van der Waals surface area contributed by atoms with Gasteiger partial charge in [-0.2, -0.15) is 0 Å². The van der Waals surface area contributed by atoms with E-state index in [4.69, 9.17) is 10.2 Å². The van der Waals surface area contributed by atoms with Gasteiger partial charge in [-0.25, -0.2) is 4.79 Å². The molecule has 0 radical (unpaired) electrons. The molecule has 0 aromatic heterocycles.